The van der Waals surface area contributed by atoms with Crippen LogP contribution < -0.4 is 4.72 Å². The van der Waals surface area contributed by atoms with Crippen molar-refractivity contribution in [2.75, 3.05) is 13.1 Å². The second kappa shape index (κ2) is 7.89. The number of nitrogens with zero attached hydrogens (tertiary/aromatic N) is 1. The zero-order chi connectivity index (χ0) is 19.7. The van der Waals surface area contributed by atoms with Gasteiger partial charge in [-0.3, -0.25) is 0 Å². The van der Waals surface area contributed by atoms with E-state index in [9.17, 15) is 16.8 Å². The Morgan fingerprint density at radius 1 is 0.963 bits per heavy atom. The predicted molar refractivity (Wildman–Crippen MR) is 105 cm³/mol. The standard InChI is InChI=1S/C18H21ClN2O4S2/c1-14(15-5-4-6-16(19)13-15)20-26(22,23)17-7-9-18(10-8-17)27(24,25)21-11-2-3-12-21/h4-10,13-14,20H,2-3,11-12H2,1H3. The molecule has 0 radical (unpaired) electrons. The summed E-state index contributed by atoms with van der Waals surface area (Å²) in [5, 5.41) is 0.523. The van der Waals surface area contributed by atoms with Gasteiger partial charge in [-0.05, 0) is 61.7 Å². The van der Waals surface area contributed by atoms with Gasteiger partial charge in [0.1, 0.15) is 0 Å². The number of hydrogen-bond acceptors (Lipinski definition) is 4. The average Bonchev–Trinajstić information content (AvgIpc) is 3.17. The largest absolute Gasteiger partial charge is 0.243 e. The first-order valence-electron chi connectivity index (χ1n) is 8.58. The lowest BCUT2D eigenvalue weighted by Crippen LogP contribution is -2.28. The normalized spacial score (nSPS) is 17.1. The van der Waals surface area contributed by atoms with Gasteiger partial charge < -0.3 is 0 Å². The maximum Gasteiger partial charge on any atom is 0.243 e. The molecule has 0 amide bonds. The van der Waals surface area contributed by atoms with Crippen molar-refractivity contribution in [1.29, 1.82) is 0 Å². The van der Waals surface area contributed by atoms with Crippen LogP contribution in [0.4, 0.5) is 0 Å². The molecule has 146 valence electrons. The Morgan fingerprint density at radius 2 is 1.56 bits per heavy atom. The number of halogens is 1. The van der Waals surface area contributed by atoms with Gasteiger partial charge in [-0.25, -0.2) is 21.6 Å². The highest BCUT2D eigenvalue weighted by atomic mass is 35.5. The summed E-state index contributed by atoms with van der Waals surface area (Å²) in [7, 11) is -7.37. The van der Waals surface area contributed by atoms with Crippen molar-refractivity contribution in [2.24, 2.45) is 0 Å². The van der Waals surface area contributed by atoms with Crippen LogP contribution >= 0.6 is 11.6 Å². The summed E-state index contributed by atoms with van der Waals surface area (Å²) in [5.74, 6) is 0. The van der Waals surface area contributed by atoms with Crippen molar-refractivity contribution in [3.63, 3.8) is 0 Å². The molecule has 2 aromatic carbocycles. The van der Waals surface area contributed by atoms with Gasteiger partial charge in [0.05, 0.1) is 9.79 Å². The highest BCUT2D eigenvalue weighted by Gasteiger charge is 2.27. The molecule has 9 heteroatoms. The van der Waals surface area contributed by atoms with E-state index in [0.717, 1.165) is 18.4 Å². The van der Waals surface area contributed by atoms with E-state index < -0.39 is 26.1 Å². The van der Waals surface area contributed by atoms with E-state index in [1.807, 2.05) is 0 Å². The third kappa shape index (κ3) is 4.52. The van der Waals surface area contributed by atoms with E-state index in [4.69, 9.17) is 11.6 Å². The minimum absolute atomic E-state index is 0.0109. The Morgan fingerprint density at radius 3 is 2.15 bits per heavy atom. The first-order valence-corrected chi connectivity index (χ1v) is 11.9. The molecule has 3 rings (SSSR count). The molecule has 27 heavy (non-hydrogen) atoms. The van der Waals surface area contributed by atoms with Crippen molar-refractivity contribution < 1.29 is 16.8 Å². The Hall–Kier alpha value is -1.45. The molecular weight excluding hydrogens is 408 g/mol. The van der Waals surface area contributed by atoms with E-state index >= 15 is 0 Å². The SMILES string of the molecule is CC(NS(=O)(=O)c1ccc(S(=O)(=O)N2CCCC2)cc1)c1cccc(Cl)c1. The molecule has 6 nitrogen and oxygen atoms in total. The number of nitrogens with one attached hydrogen (secondary N) is 1. The van der Waals surface area contributed by atoms with Crippen LogP contribution in [-0.4, -0.2) is 34.2 Å². The highest BCUT2D eigenvalue weighted by molar-refractivity contribution is 7.89. The summed E-state index contributed by atoms with van der Waals surface area (Å²) in [6, 6.07) is 11.8. The van der Waals surface area contributed by atoms with Gasteiger partial charge in [-0.2, -0.15) is 4.31 Å². The van der Waals surface area contributed by atoms with Crippen molar-refractivity contribution >= 4 is 31.6 Å². The Labute approximate surface area is 165 Å². The first-order chi connectivity index (χ1) is 12.7. The molecule has 1 heterocycles. The second-order valence-electron chi connectivity index (χ2n) is 6.48. The zero-order valence-corrected chi connectivity index (χ0v) is 17.2. The lowest BCUT2D eigenvalue weighted by molar-refractivity contribution is 0.477. The fourth-order valence-corrected chi connectivity index (χ4v) is 5.96. The van der Waals surface area contributed by atoms with Crippen molar-refractivity contribution in [3.8, 4) is 0 Å². The lowest BCUT2D eigenvalue weighted by Gasteiger charge is -2.17. The van der Waals surface area contributed by atoms with Crippen LogP contribution in [0, 0.1) is 0 Å². The van der Waals surface area contributed by atoms with Gasteiger partial charge in [-0.1, -0.05) is 23.7 Å². The van der Waals surface area contributed by atoms with Crippen LogP contribution in [0.1, 0.15) is 31.4 Å². The molecule has 1 atom stereocenters. The maximum atomic E-state index is 12.6. The summed E-state index contributed by atoms with van der Waals surface area (Å²) in [5.41, 5.74) is 0.735. The molecule has 1 saturated heterocycles. The number of sulfonamides is 2. The quantitative estimate of drug-likeness (QED) is 0.765. The maximum absolute atomic E-state index is 12.6. The molecule has 0 aliphatic carbocycles. The van der Waals surface area contributed by atoms with Crippen LogP contribution in [0.3, 0.4) is 0 Å². The fraction of sp³-hybridized carbons (Fsp3) is 0.333. The van der Waals surface area contributed by atoms with E-state index in [0.29, 0.717) is 18.1 Å². The molecule has 1 aliphatic rings. The molecule has 1 unspecified atom stereocenters. The fourth-order valence-electron chi connectivity index (χ4n) is 3.01. The molecule has 0 spiro atoms. The van der Waals surface area contributed by atoms with Crippen molar-refractivity contribution in [1.82, 2.24) is 9.03 Å². The number of benzene rings is 2. The number of rotatable bonds is 6. The molecule has 1 aliphatic heterocycles. The van der Waals surface area contributed by atoms with Gasteiger partial charge in [0.2, 0.25) is 20.0 Å². The molecule has 0 saturated carbocycles. The van der Waals surface area contributed by atoms with Crippen LogP contribution in [0.5, 0.6) is 0 Å². The van der Waals surface area contributed by atoms with Crippen LogP contribution in [0.15, 0.2) is 58.3 Å². The zero-order valence-electron chi connectivity index (χ0n) is 14.8. The second-order valence-corrected chi connectivity index (χ2v) is 10.6. The van der Waals surface area contributed by atoms with E-state index in [1.165, 1.54) is 28.6 Å². The third-order valence-electron chi connectivity index (χ3n) is 4.52. The molecule has 2 aromatic rings. The summed E-state index contributed by atoms with van der Waals surface area (Å²) in [6.45, 7) is 2.72. The minimum Gasteiger partial charge on any atom is -0.207 e. The monoisotopic (exact) mass is 428 g/mol. The average molecular weight is 429 g/mol. The Kier molecular flexibility index (Phi) is 5.93. The molecule has 0 bridgehead atoms. The molecule has 1 fully saturated rings. The smallest absolute Gasteiger partial charge is 0.207 e. The summed E-state index contributed by atoms with van der Waals surface area (Å²) in [6.07, 6.45) is 1.69. The van der Waals surface area contributed by atoms with Crippen molar-refractivity contribution in [2.45, 2.75) is 35.6 Å². The molecular formula is C18H21ClN2O4S2. The Bertz CT molecular complexity index is 1020. The van der Waals surface area contributed by atoms with E-state index in [2.05, 4.69) is 4.72 Å². The van der Waals surface area contributed by atoms with Gasteiger partial charge in [0.25, 0.3) is 0 Å². The van der Waals surface area contributed by atoms with Crippen LogP contribution in [0.25, 0.3) is 0 Å². The lowest BCUT2D eigenvalue weighted by atomic mass is 10.1. The van der Waals surface area contributed by atoms with Gasteiger partial charge >= 0.3 is 0 Å². The Balaban J connectivity index is 1.79. The summed E-state index contributed by atoms with van der Waals surface area (Å²) < 4.78 is 54.3. The third-order valence-corrected chi connectivity index (χ3v) is 8.22. The van der Waals surface area contributed by atoms with E-state index in [-0.39, 0.29) is 9.79 Å². The highest BCUT2D eigenvalue weighted by Crippen LogP contribution is 2.23. The topological polar surface area (TPSA) is 83.5 Å². The van der Waals surface area contributed by atoms with E-state index in [1.54, 1.807) is 31.2 Å². The predicted octanol–water partition coefficient (Wildman–Crippen LogP) is 3.16. The first kappa shape index (κ1) is 20.3. The summed E-state index contributed by atoms with van der Waals surface area (Å²) >= 11 is 5.95. The molecule has 1 N–H and O–H groups in total. The van der Waals surface area contributed by atoms with Gasteiger partial charge in [-0.15, -0.1) is 0 Å². The summed E-state index contributed by atoms with van der Waals surface area (Å²) in [4.78, 5) is 0.114. The van der Waals surface area contributed by atoms with Gasteiger partial charge in [0.15, 0.2) is 0 Å². The van der Waals surface area contributed by atoms with Crippen molar-refractivity contribution in [3.05, 3.63) is 59.1 Å². The minimum atomic E-state index is -3.80. The number of hydrogen-bond donors (Lipinski definition) is 1. The molecule has 0 aromatic heterocycles. The van der Waals surface area contributed by atoms with Crippen LogP contribution in [0.2, 0.25) is 5.02 Å². The van der Waals surface area contributed by atoms with Gasteiger partial charge in [0, 0.05) is 24.2 Å². The van der Waals surface area contributed by atoms with Crippen LogP contribution in [-0.2, 0) is 20.0 Å².